The van der Waals surface area contributed by atoms with Gasteiger partial charge in [0, 0.05) is 18.6 Å². The summed E-state index contributed by atoms with van der Waals surface area (Å²) in [7, 11) is 5.57. The summed E-state index contributed by atoms with van der Waals surface area (Å²) in [4.78, 5) is 2.13. The van der Waals surface area contributed by atoms with Gasteiger partial charge < -0.3 is 15.0 Å². The van der Waals surface area contributed by atoms with E-state index in [1.54, 1.807) is 12.1 Å². The van der Waals surface area contributed by atoms with E-state index in [-0.39, 0.29) is 11.9 Å². The van der Waals surface area contributed by atoms with Crippen LogP contribution in [-0.2, 0) is 0 Å². The van der Waals surface area contributed by atoms with Crippen molar-refractivity contribution < 1.29 is 9.13 Å². The van der Waals surface area contributed by atoms with E-state index in [1.165, 1.54) is 13.2 Å². The molecule has 0 saturated heterocycles. The van der Waals surface area contributed by atoms with Crippen LogP contribution >= 0.6 is 0 Å². The lowest BCUT2D eigenvalue weighted by atomic mass is 10.1. The van der Waals surface area contributed by atoms with Crippen LogP contribution in [0.5, 0.6) is 5.75 Å². The molecular formula is C14H23FN2O. The van der Waals surface area contributed by atoms with E-state index in [1.807, 2.05) is 14.1 Å². The van der Waals surface area contributed by atoms with E-state index in [0.717, 1.165) is 12.1 Å². The molecule has 3 nitrogen and oxygen atoms in total. The fourth-order valence-corrected chi connectivity index (χ4v) is 2.07. The van der Waals surface area contributed by atoms with Gasteiger partial charge in [-0.05, 0) is 45.6 Å². The third-order valence-electron chi connectivity index (χ3n) is 2.85. The maximum atomic E-state index is 13.3. The van der Waals surface area contributed by atoms with Gasteiger partial charge >= 0.3 is 0 Å². The van der Waals surface area contributed by atoms with Crippen LogP contribution in [0, 0.1) is 5.82 Å². The highest BCUT2D eigenvalue weighted by molar-refractivity contribution is 5.31. The Hall–Kier alpha value is -1.13. The largest absolute Gasteiger partial charge is 0.494 e. The van der Waals surface area contributed by atoms with Crippen LogP contribution < -0.4 is 10.1 Å². The topological polar surface area (TPSA) is 24.5 Å². The lowest BCUT2D eigenvalue weighted by molar-refractivity contribution is 0.333. The maximum Gasteiger partial charge on any atom is 0.165 e. The third kappa shape index (κ3) is 4.27. The monoisotopic (exact) mass is 254 g/mol. The molecule has 1 rings (SSSR count). The summed E-state index contributed by atoms with van der Waals surface area (Å²) in [6.45, 7) is 5.17. The number of rotatable bonds is 6. The number of hydrogen-bond acceptors (Lipinski definition) is 3. The minimum Gasteiger partial charge on any atom is -0.494 e. The van der Waals surface area contributed by atoms with Gasteiger partial charge in [0.2, 0.25) is 0 Å². The van der Waals surface area contributed by atoms with Crippen molar-refractivity contribution in [1.82, 2.24) is 10.2 Å². The molecule has 0 aliphatic heterocycles. The molecule has 0 heterocycles. The minimum absolute atomic E-state index is 0.162. The zero-order chi connectivity index (χ0) is 13.7. The molecule has 2 atom stereocenters. The highest BCUT2D eigenvalue weighted by atomic mass is 19.1. The van der Waals surface area contributed by atoms with E-state index < -0.39 is 0 Å². The first-order chi connectivity index (χ1) is 8.43. The molecule has 4 heteroatoms. The molecule has 0 radical (unpaired) electrons. The predicted octanol–water partition coefficient (Wildman–Crippen LogP) is 2.44. The molecule has 2 unspecified atom stereocenters. The number of nitrogens with zero attached hydrogens (tertiary/aromatic N) is 1. The van der Waals surface area contributed by atoms with Crippen molar-refractivity contribution in [3.63, 3.8) is 0 Å². The lowest BCUT2D eigenvalue weighted by Gasteiger charge is -2.23. The van der Waals surface area contributed by atoms with Gasteiger partial charge in [-0.1, -0.05) is 6.07 Å². The Morgan fingerprint density at radius 3 is 2.56 bits per heavy atom. The van der Waals surface area contributed by atoms with E-state index in [0.29, 0.717) is 11.8 Å². The molecular weight excluding hydrogens is 231 g/mol. The van der Waals surface area contributed by atoms with Crippen molar-refractivity contribution in [1.29, 1.82) is 0 Å². The third-order valence-corrected chi connectivity index (χ3v) is 2.85. The Balaban J connectivity index is 2.69. The van der Waals surface area contributed by atoms with Gasteiger partial charge in [-0.25, -0.2) is 4.39 Å². The number of hydrogen-bond donors (Lipinski definition) is 1. The summed E-state index contributed by atoms with van der Waals surface area (Å²) >= 11 is 0. The van der Waals surface area contributed by atoms with Crippen LogP contribution in [0.1, 0.15) is 25.5 Å². The molecule has 0 fully saturated rings. The lowest BCUT2D eigenvalue weighted by Crippen LogP contribution is -2.37. The fraction of sp³-hybridized carbons (Fsp3) is 0.571. The van der Waals surface area contributed by atoms with E-state index in [4.69, 9.17) is 4.74 Å². The van der Waals surface area contributed by atoms with Crippen LogP contribution in [0.2, 0.25) is 0 Å². The zero-order valence-electron chi connectivity index (χ0n) is 11.8. The number of nitrogens with one attached hydrogen (secondary N) is 1. The quantitative estimate of drug-likeness (QED) is 0.844. The standard InChI is InChI=1S/C14H23FN2O/c1-10(9-17(3)4)16-11(2)12-6-7-13(15)14(8-12)18-5/h6-8,10-11,16H,9H2,1-5H3. The van der Waals surface area contributed by atoms with E-state index in [2.05, 4.69) is 24.1 Å². The smallest absolute Gasteiger partial charge is 0.165 e. The number of halogens is 1. The van der Waals surface area contributed by atoms with Gasteiger partial charge in [-0.3, -0.25) is 0 Å². The summed E-state index contributed by atoms with van der Waals surface area (Å²) in [5.41, 5.74) is 1.03. The van der Waals surface area contributed by atoms with Crippen LogP contribution in [-0.4, -0.2) is 38.7 Å². The molecule has 1 aromatic rings. The number of ether oxygens (including phenoxy) is 1. The number of methoxy groups -OCH3 is 1. The predicted molar refractivity (Wildman–Crippen MR) is 72.5 cm³/mol. The summed E-state index contributed by atoms with van der Waals surface area (Å²) < 4.78 is 18.3. The van der Waals surface area contributed by atoms with Crippen LogP contribution in [0.15, 0.2) is 18.2 Å². The Bertz CT molecular complexity index is 382. The van der Waals surface area contributed by atoms with Gasteiger partial charge in [0.05, 0.1) is 7.11 Å². The summed E-state index contributed by atoms with van der Waals surface area (Å²) in [5.74, 6) is -0.0313. The normalized spacial score (nSPS) is 14.6. The van der Waals surface area contributed by atoms with Crippen molar-refractivity contribution in [2.75, 3.05) is 27.7 Å². The number of benzene rings is 1. The molecule has 0 aliphatic rings. The number of likely N-dealkylation sites (N-methyl/N-ethyl adjacent to an activating group) is 1. The first kappa shape index (κ1) is 14.9. The summed E-state index contributed by atoms with van der Waals surface area (Å²) in [5, 5.41) is 3.48. The van der Waals surface area contributed by atoms with E-state index in [9.17, 15) is 4.39 Å². The Morgan fingerprint density at radius 1 is 1.33 bits per heavy atom. The molecule has 0 saturated carbocycles. The van der Waals surface area contributed by atoms with Crippen LogP contribution in [0.4, 0.5) is 4.39 Å². The molecule has 0 spiro atoms. The van der Waals surface area contributed by atoms with Gasteiger partial charge in [0.1, 0.15) is 0 Å². The van der Waals surface area contributed by atoms with Gasteiger partial charge in [-0.2, -0.15) is 0 Å². The molecule has 1 aromatic carbocycles. The van der Waals surface area contributed by atoms with Crippen molar-refractivity contribution in [3.05, 3.63) is 29.6 Å². The molecule has 0 amide bonds. The first-order valence-corrected chi connectivity index (χ1v) is 6.18. The second kappa shape index (κ2) is 6.71. The Labute approximate surface area is 109 Å². The van der Waals surface area contributed by atoms with Crippen molar-refractivity contribution in [3.8, 4) is 5.75 Å². The summed E-state index contributed by atoms with van der Waals surface area (Å²) in [6.07, 6.45) is 0. The van der Waals surface area contributed by atoms with Crippen LogP contribution in [0.3, 0.4) is 0 Å². The molecule has 1 N–H and O–H groups in total. The van der Waals surface area contributed by atoms with Gasteiger partial charge in [-0.15, -0.1) is 0 Å². The Kier molecular flexibility index (Phi) is 5.56. The minimum atomic E-state index is -0.324. The van der Waals surface area contributed by atoms with Gasteiger partial charge in [0.15, 0.2) is 11.6 Å². The molecule has 0 bridgehead atoms. The maximum absolute atomic E-state index is 13.3. The fourth-order valence-electron chi connectivity index (χ4n) is 2.07. The summed E-state index contributed by atoms with van der Waals surface area (Å²) in [6, 6.07) is 5.51. The SMILES string of the molecule is COc1cc(C(C)NC(C)CN(C)C)ccc1F. The second-order valence-corrected chi connectivity index (χ2v) is 4.95. The second-order valence-electron chi connectivity index (χ2n) is 4.95. The van der Waals surface area contributed by atoms with Crippen molar-refractivity contribution in [2.45, 2.75) is 25.9 Å². The van der Waals surface area contributed by atoms with Crippen LogP contribution in [0.25, 0.3) is 0 Å². The first-order valence-electron chi connectivity index (χ1n) is 6.18. The average Bonchev–Trinajstić information content (AvgIpc) is 2.28. The van der Waals surface area contributed by atoms with Gasteiger partial charge in [0.25, 0.3) is 0 Å². The molecule has 0 aromatic heterocycles. The molecule has 0 aliphatic carbocycles. The van der Waals surface area contributed by atoms with E-state index >= 15 is 0 Å². The molecule has 102 valence electrons. The van der Waals surface area contributed by atoms with Crippen molar-refractivity contribution in [2.24, 2.45) is 0 Å². The molecule has 18 heavy (non-hydrogen) atoms. The Morgan fingerprint density at radius 2 is 2.00 bits per heavy atom. The highest BCUT2D eigenvalue weighted by Gasteiger charge is 2.12. The van der Waals surface area contributed by atoms with Crippen molar-refractivity contribution >= 4 is 0 Å². The average molecular weight is 254 g/mol. The highest BCUT2D eigenvalue weighted by Crippen LogP contribution is 2.22. The zero-order valence-corrected chi connectivity index (χ0v) is 11.8.